The average Bonchev–Trinajstić information content (AvgIpc) is 2.63. The Morgan fingerprint density at radius 3 is 2.08 bits per heavy atom. The summed E-state index contributed by atoms with van der Waals surface area (Å²) in [4.78, 5) is -0.0317. The summed E-state index contributed by atoms with van der Waals surface area (Å²) in [6.45, 7) is -0.441. The number of hydrogen-bond acceptors (Lipinski definition) is 2. The number of para-hydroxylation sites is 1. The minimum absolute atomic E-state index is 0.0306. The summed E-state index contributed by atoms with van der Waals surface area (Å²) >= 11 is 6.04. The summed E-state index contributed by atoms with van der Waals surface area (Å²) in [6.07, 6.45) is 0. The van der Waals surface area contributed by atoms with Crippen LogP contribution in [0, 0.1) is 11.6 Å². The highest BCUT2D eigenvalue weighted by Crippen LogP contribution is 2.30. The summed E-state index contributed by atoms with van der Waals surface area (Å²) in [5.41, 5.74) is -0.215. The lowest BCUT2D eigenvalue weighted by Gasteiger charge is -2.25. The van der Waals surface area contributed by atoms with E-state index in [1.54, 1.807) is 18.2 Å². The van der Waals surface area contributed by atoms with E-state index < -0.39 is 28.2 Å². The van der Waals surface area contributed by atoms with Crippen LogP contribution >= 0.6 is 11.6 Å². The molecule has 0 heterocycles. The number of nitrogens with zero attached hydrogens (tertiary/aromatic N) is 1. The first-order valence-electron chi connectivity index (χ1n) is 7.66. The van der Waals surface area contributed by atoms with Crippen molar-refractivity contribution in [3.05, 3.63) is 95.0 Å². The zero-order valence-electron chi connectivity index (χ0n) is 13.4. The van der Waals surface area contributed by atoms with Gasteiger partial charge in [-0.25, -0.2) is 17.2 Å². The molecular formula is C19H14ClF2NO2S. The van der Waals surface area contributed by atoms with Crippen molar-refractivity contribution in [2.24, 2.45) is 0 Å². The lowest BCUT2D eigenvalue weighted by Crippen LogP contribution is -2.31. The molecule has 0 atom stereocenters. The van der Waals surface area contributed by atoms with Crippen molar-refractivity contribution in [3.8, 4) is 0 Å². The third-order valence-corrected chi connectivity index (χ3v) is 5.94. The molecule has 0 aliphatic heterocycles. The van der Waals surface area contributed by atoms with Crippen LogP contribution in [0.1, 0.15) is 5.56 Å². The molecule has 0 aromatic heterocycles. The van der Waals surface area contributed by atoms with E-state index in [2.05, 4.69) is 0 Å². The zero-order valence-corrected chi connectivity index (χ0v) is 15.0. The third-order valence-electron chi connectivity index (χ3n) is 3.82. The number of anilines is 1. The van der Waals surface area contributed by atoms with Gasteiger partial charge in [0.2, 0.25) is 0 Å². The molecule has 0 spiro atoms. The minimum Gasteiger partial charge on any atom is -0.259 e. The molecular weight excluding hydrogens is 380 g/mol. The Kier molecular flexibility index (Phi) is 5.25. The van der Waals surface area contributed by atoms with Crippen LogP contribution in [0.25, 0.3) is 0 Å². The van der Waals surface area contributed by atoms with Gasteiger partial charge in [-0.2, -0.15) is 0 Å². The largest absolute Gasteiger partial charge is 0.264 e. The minimum atomic E-state index is -4.14. The molecule has 3 aromatic carbocycles. The summed E-state index contributed by atoms with van der Waals surface area (Å²) in [6, 6.07) is 17.0. The maximum atomic E-state index is 14.4. The molecule has 0 saturated carbocycles. The fourth-order valence-electron chi connectivity index (χ4n) is 2.50. The van der Waals surface area contributed by atoms with Gasteiger partial charge in [0.05, 0.1) is 17.1 Å². The number of halogens is 3. The van der Waals surface area contributed by atoms with Crippen molar-refractivity contribution in [1.82, 2.24) is 0 Å². The Morgan fingerprint density at radius 2 is 1.42 bits per heavy atom. The highest BCUT2D eigenvalue weighted by atomic mass is 35.5. The molecule has 0 saturated heterocycles. The molecule has 0 fully saturated rings. The first-order valence-corrected chi connectivity index (χ1v) is 9.48. The predicted molar refractivity (Wildman–Crippen MR) is 97.6 cm³/mol. The van der Waals surface area contributed by atoms with Gasteiger partial charge in [0.25, 0.3) is 10.0 Å². The van der Waals surface area contributed by atoms with Crippen LogP contribution in [0.15, 0.2) is 77.7 Å². The van der Waals surface area contributed by atoms with Gasteiger partial charge in [0, 0.05) is 10.6 Å². The quantitative estimate of drug-likeness (QED) is 0.610. The van der Waals surface area contributed by atoms with Gasteiger partial charge in [0.1, 0.15) is 11.6 Å². The van der Waals surface area contributed by atoms with Gasteiger partial charge in [-0.3, -0.25) is 4.31 Å². The smallest absolute Gasteiger partial charge is 0.259 e. The molecule has 26 heavy (non-hydrogen) atoms. The summed E-state index contributed by atoms with van der Waals surface area (Å²) in [5, 5.41) is 0.0644. The fraction of sp³-hybridized carbons (Fsp3) is 0.0526. The van der Waals surface area contributed by atoms with Crippen LogP contribution in [0.3, 0.4) is 0 Å². The molecule has 0 amide bonds. The van der Waals surface area contributed by atoms with Crippen LogP contribution < -0.4 is 4.31 Å². The Bertz CT molecular complexity index is 1010. The van der Waals surface area contributed by atoms with Crippen LogP contribution in [0.5, 0.6) is 0 Å². The number of rotatable bonds is 5. The molecule has 0 unspecified atom stereocenters. The van der Waals surface area contributed by atoms with Crippen LogP contribution in [-0.4, -0.2) is 8.42 Å². The monoisotopic (exact) mass is 393 g/mol. The third kappa shape index (κ3) is 3.57. The Hall–Kier alpha value is -2.44. The van der Waals surface area contributed by atoms with E-state index >= 15 is 0 Å². The second-order valence-corrected chi connectivity index (χ2v) is 7.75. The molecule has 0 N–H and O–H groups in total. The maximum absolute atomic E-state index is 14.4. The first kappa shape index (κ1) is 18.4. The van der Waals surface area contributed by atoms with Crippen LogP contribution in [-0.2, 0) is 16.6 Å². The molecule has 7 heteroatoms. The van der Waals surface area contributed by atoms with Crippen molar-refractivity contribution in [1.29, 1.82) is 0 Å². The molecule has 3 rings (SSSR count). The highest BCUT2D eigenvalue weighted by molar-refractivity contribution is 7.92. The van der Waals surface area contributed by atoms with Gasteiger partial charge in [-0.1, -0.05) is 48.0 Å². The molecule has 0 aliphatic carbocycles. The molecule has 0 radical (unpaired) electrons. The van der Waals surface area contributed by atoms with Gasteiger partial charge < -0.3 is 0 Å². The first-order chi connectivity index (χ1) is 12.4. The number of benzene rings is 3. The van der Waals surface area contributed by atoms with Crippen molar-refractivity contribution in [3.63, 3.8) is 0 Å². The normalized spacial score (nSPS) is 11.3. The summed E-state index contributed by atoms with van der Waals surface area (Å²) in [7, 11) is -4.14. The molecule has 3 aromatic rings. The molecule has 0 bridgehead atoms. The van der Waals surface area contributed by atoms with E-state index in [1.807, 2.05) is 0 Å². The van der Waals surface area contributed by atoms with Crippen LogP contribution in [0.4, 0.5) is 14.5 Å². The maximum Gasteiger partial charge on any atom is 0.264 e. The molecule has 0 aliphatic rings. The number of sulfonamides is 1. The fourth-order valence-corrected chi connectivity index (χ4v) is 4.18. The van der Waals surface area contributed by atoms with Crippen LogP contribution in [0.2, 0.25) is 5.02 Å². The second kappa shape index (κ2) is 7.43. The van der Waals surface area contributed by atoms with Crippen molar-refractivity contribution >= 4 is 27.3 Å². The van der Waals surface area contributed by atoms with E-state index in [-0.39, 0.29) is 21.2 Å². The zero-order chi connectivity index (χ0) is 18.7. The topological polar surface area (TPSA) is 37.4 Å². The van der Waals surface area contributed by atoms with Crippen molar-refractivity contribution in [2.75, 3.05) is 4.31 Å². The Labute approximate surface area is 155 Å². The highest BCUT2D eigenvalue weighted by Gasteiger charge is 2.28. The Balaban J connectivity index is 2.17. The summed E-state index contributed by atoms with van der Waals surface area (Å²) in [5.74, 6) is -1.40. The van der Waals surface area contributed by atoms with Gasteiger partial charge >= 0.3 is 0 Å². The van der Waals surface area contributed by atoms with E-state index in [0.29, 0.717) is 0 Å². The number of hydrogen-bond donors (Lipinski definition) is 0. The SMILES string of the molecule is O=S(=O)(c1ccccc1)N(Cc1c(F)cccc1Cl)c1ccccc1F. The predicted octanol–water partition coefficient (Wildman–Crippen LogP) is 5.01. The van der Waals surface area contributed by atoms with E-state index in [1.165, 1.54) is 48.5 Å². The van der Waals surface area contributed by atoms with Gasteiger partial charge in [-0.15, -0.1) is 0 Å². The Morgan fingerprint density at radius 1 is 0.808 bits per heavy atom. The standard InChI is InChI=1S/C19H14ClF2NO2S/c20-16-9-6-11-17(21)15(16)13-23(19-12-5-4-10-18(19)22)26(24,25)14-7-2-1-3-8-14/h1-12H,13H2. The van der Waals surface area contributed by atoms with Gasteiger partial charge in [0.15, 0.2) is 0 Å². The van der Waals surface area contributed by atoms with E-state index in [0.717, 1.165) is 10.4 Å². The molecule has 134 valence electrons. The lowest BCUT2D eigenvalue weighted by atomic mass is 10.2. The second-order valence-electron chi connectivity index (χ2n) is 5.48. The van der Waals surface area contributed by atoms with E-state index in [9.17, 15) is 17.2 Å². The average molecular weight is 394 g/mol. The van der Waals surface area contributed by atoms with Crippen molar-refractivity contribution in [2.45, 2.75) is 11.4 Å². The summed E-state index contributed by atoms with van der Waals surface area (Å²) < 4.78 is 55.6. The van der Waals surface area contributed by atoms with E-state index in [4.69, 9.17) is 11.6 Å². The van der Waals surface area contributed by atoms with Gasteiger partial charge in [-0.05, 0) is 36.4 Å². The van der Waals surface area contributed by atoms with Crippen molar-refractivity contribution < 1.29 is 17.2 Å². The molecule has 3 nitrogen and oxygen atoms in total. The lowest BCUT2D eigenvalue weighted by molar-refractivity contribution is 0.579.